The average molecular weight is 302 g/mol. The molecule has 0 aliphatic heterocycles. The van der Waals surface area contributed by atoms with Gasteiger partial charge in [0.1, 0.15) is 5.76 Å². The Hall–Kier alpha value is -3.32. The maximum atomic E-state index is 12.5. The molecule has 0 saturated carbocycles. The molecule has 1 N–H and O–H groups in total. The molecule has 23 heavy (non-hydrogen) atoms. The first-order valence-electron chi connectivity index (χ1n) is 7.14. The summed E-state index contributed by atoms with van der Waals surface area (Å²) in [5.41, 5.74) is 3.35. The standard InChI is InChI=1S/C19H14N2O2/c1-13-11-14(8-9-15(13)12-20)19(22)21-17-6-3-2-5-16(17)18-7-4-10-23-18/h2-11H,1H3,(H,21,22). The predicted molar refractivity (Wildman–Crippen MR) is 88.0 cm³/mol. The molecule has 1 aromatic heterocycles. The van der Waals surface area contributed by atoms with Gasteiger partial charge in [0.15, 0.2) is 0 Å². The van der Waals surface area contributed by atoms with Gasteiger partial charge in [0, 0.05) is 11.1 Å². The van der Waals surface area contributed by atoms with Crippen molar-refractivity contribution in [2.75, 3.05) is 5.32 Å². The number of nitrogens with one attached hydrogen (secondary N) is 1. The van der Waals surface area contributed by atoms with E-state index in [9.17, 15) is 4.79 Å². The highest BCUT2D eigenvalue weighted by Crippen LogP contribution is 2.28. The zero-order valence-electron chi connectivity index (χ0n) is 12.5. The van der Waals surface area contributed by atoms with Crippen LogP contribution in [0, 0.1) is 18.3 Å². The topological polar surface area (TPSA) is 66.0 Å². The summed E-state index contributed by atoms with van der Waals surface area (Å²) in [7, 11) is 0. The lowest BCUT2D eigenvalue weighted by Gasteiger charge is -2.10. The predicted octanol–water partition coefficient (Wildman–Crippen LogP) is 4.38. The number of nitriles is 1. The number of carbonyl (C=O) groups is 1. The van der Waals surface area contributed by atoms with Crippen LogP contribution in [0.4, 0.5) is 5.69 Å². The SMILES string of the molecule is Cc1cc(C(=O)Nc2ccccc2-c2ccco2)ccc1C#N. The van der Waals surface area contributed by atoms with Gasteiger partial charge < -0.3 is 9.73 Å². The van der Waals surface area contributed by atoms with Gasteiger partial charge in [-0.3, -0.25) is 4.79 Å². The number of benzene rings is 2. The lowest BCUT2D eigenvalue weighted by molar-refractivity contribution is 0.102. The first-order chi connectivity index (χ1) is 11.2. The van der Waals surface area contributed by atoms with E-state index in [1.807, 2.05) is 37.3 Å². The fraction of sp³-hybridized carbons (Fsp3) is 0.0526. The summed E-state index contributed by atoms with van der Waals surface area (Å²) in [6, 6.07) is 18.2. The molecular weight excluding hydrogens is 288 g/mol. The second-order valence-electron chi connectivity index (χ2n) is 5.12. The molecule has 3 aromatic rings. The molecule has 0 aliphatic rings. The Morgan fingerprint density at radius 2 is 1.96 bits per heavy atom. The number of amides is 1. The van der Waals surface area contributed by atoms with E-state index < -0.39 is 0 Å². The second kappa shape index (κ2) is 6.20. The first-order valence-corrected chi connectivity index (χ1v) is 7.14. The van der Waals surface area contributed by atoms with Gasteiger partial charge in [-0.15, -0.1) is 0 Å². The summed E-state index contributed by atoms with van der Waals surface area (Å²) in [6.07, 6.45) is 1.60. The van der Waals surface area contributed by atoms with Crippen molar-refractivity contribution in [1.82, 2.24) is 0 Å². The van der Waals surface area contributed by atoms with Gasteiger partial charge in [-0.05, 0) is 55.0 Å². The number of hydrogen-bond donors (Lipinski definition) is 1. The van der Waals surface area contributed by atoms with E-state index in [1.165, 1.54) is 0 Å². The largest absolute Gasteiger partial charge is 0.464 e. The molecule has 0 radical (unpaired) electrons. The van der Waals surface area contributed by atoms with E-state index in [4.69, 9.17) is 9.68 Å². The Balaban J connectivity index is 1.90. The number of nitrogens with zero attached hydrogens (tertiary/aromatic N) is 1. The lowest BCUT2D eigenvalue weighted by Crippen LogP contribution is -2.13. The van der Waals surface area contributed by atoms with Gasteiger partial charge >= 0.3 is 0 Å². The highest BCUT2D eigenvalue weighted by atomic mass is 16.3. The highest BCUT2D eigenvalue weighted by molar-refractivity contribution is 6.06. The van der Waals surface area contributed by atoms with Crippen LogP contribution in [-0.2, 0) is 0 Å². The fourth-order valence-electron chi connectivity index (χ4n) is 2.36. The summed E-state index contributed by atoms with van der Waals surface area (Å²) < 4.78 is 5.41. The molecule has 0 atom stereocenters. The van der Waals surface area contributed by atoms with Crippen molar-refractivity contribution in [3.63, 3.8) is 0 Å². The zero-order chi connectivity index (χ0) is 16.2. The van der Waals surface area contributed by atoms with Gasteiger partial charge in [0.05, 0.1) is 23.6 Å². The van der Waals surface area contributed by atoms with Crippen LogP contribution in [0.1, 0.15) is 21.5 Å². The van der Waals surface area contributed by atoms with Crippen molar-refractivity contribution in [1.29, 1.82) is 5.26 Å². The van der Waals surface area contributed by atoms with Crippen LogP contribution < -0.4 is 5.32 Å². The molecular formula is C19H14N2O2. The van der Waals surface area contributed by atoms with E-state index in [-0.39, 0.29) is 5.91 Å². The van der Waals surface area contributed by atoms with Crippen molar-refractivity contribution < 1.29 is 9.21 Å². The van der Waals surface area contributed by atoms with Crippen LogP contribution in [0.5, 0.6) is 0 Å². The Morgan fingerprint density at radius 1 is 1.13 bits per heavy atom. The minimum atomic E-state index is -0.225. The fourth-order valence-corrected chi connectivity index (χ4v) is 2.36. The summed E-state index contributed by atoms with van der Waals surface area (Å²) in [5, 5.41) is 11.9. The van der Waals surface area contributed by atoms with Crippen LogP contribution in [-0.4, -0.2) is 5.91 Å². The number of aryl methyl sites for hydroxylation is 1. The normalized spacial score (nSPS) is 10.1. The van der Waals surface area contributed by atoms with E-state index >= 15 is 0 Å². The Bertz CT molecular complexity index is 890. The van der Waals surface area contributed by atoms with Gasteiger partial charge in [-0.2, -0.15) is 5.26 Å². The zero-order valence-corrected chi connectivity index (χ0v) is 12.5. The van der Waals surface area contributed by atoms with Gasteiger partial charge in [0.2, 0.25) is 0 Å². The smallest absolute Gasteiger partial charge is 0.255 e. The van der Waals surface area contributed by atoms with E-state index in [2.05, 4.69) is 11.4 Å². The van der Waals surface area contributed by atoms with E-state index in [0.717, 1.165) is 11.1 Å². The monoisotopic (exact) mass is 302 g/mol. The first kappa shape index (κ1) is 14.6. The van der Waals surface area contributed by atoms with Gasteiger partial charge in [-0.1, -0.05) is 12.1 Å². The molecule has 1 amide bonds. The molecule has 4 heteroatoms. The Kier molecular flexibility index (Phi) is 3.94. The van der Waals surface area contributed by atoms with Crippen molar-refractivity contribution in [2.24, 2.45) is 0 Å². The third kappa shape index (κ3) is 2.99. The van der Waals surface area contributed by atoms with Crippen LogP contribution in [0.2, 0.25) is 0 Å². The Labute approximate surface area is 134 Å². The molecule has 4 nitrogen and oxygen atoms in total. The van der Waals surface area contributed by atoms with Crippen molar-refractivity contribution in [2.45, 2.75) is 6.92 Å². The Morgan fingerprint density at radius 3 is 2.65 bits per heavy atom. The molecule has 0 unspecified atom stereocenters. The lowest BCUT2D eigenvalue weighted by atomic mass is 10.1. The molecule has 0 fully saturated rings. The molecule has 2 aromatic carbocycles. The summed E-state index contributed by atoms with van der Waals surface area (Å²) in [5.74, 6) is 0.466. The number of rotatable bonds is 3. The molecule has 0 bridgehead atoms. The molecule has 112 valence electrons. The molecule has 3 rings (SSSR count). The third-order valence-corrected chi connectivity index (χ3v) is 3.57. The minimum absolute atomic E-state index is 0.225. The van der Waals surface area contributed by atoms with Gasteiger partial charge in [0.25, 0.3) is 5.91 Å². The number of furan rings is 1. The summed E-state index contributed by atoms with van der Waals surface area (Å²) in [6.45, 7) is 1.81. The number of carbonyl (C=O) groups excluding carboxylic acids is 1. The maximum absolute atomic E-state index is 12.5. The highest BCUT2D eigenvalue weighted by Gasteiger charge is 2.12. The second-order valence-corrected chi connectivity index (χ2v) is 5.12. The van der Waals surface area contributed by atoms with E-state index in [0.29, 0.717) is 22.6 Å². The summed E-state index contributed by atoms with van der Waals surface area (Å²) in [4.78, 5) is 12.5. The van der Waals surface area contributed by atoms with Crippen LogP contribution in [0.25, 0.3) is 11.3 Å². The maximum Gasteiger partial charge on any atom is 0.255 e. The molecule has 0 spiro atoms. The van der Waals surface area contributed by atoms with Crippen LogP contribution in [0.15, 0.2) is 65.3 Å². The molecule has 0 saturated heterocycles. The van der Waals surface area contributed by atoms with Crippen molar-refractivity contribution in [3.8, 4) is 17.4 Å². The number of para-hydroxylation sites is 1. The number of hydrogen-bond acceptors (Lipinski definition) is 3. The van der Waals surface area contributed by atoms with Gasteiger partial charge in [-0.25, -0.2) is 0 Å². The van der Waals surface area contributed by atoms with Crippen LogP contribution >= 0.6 is 0 Å². The minimum Gasteiger partial charge on any atom is -0.464 e. The summed E-state index contributed by atoms with van der Waals surface area (Å²) >= 11 is 0. The average Bonchev–Trinajstić information content (AvgIpc) is 3.09. The quantitative estimate of drug-likeness (QED) is 0.780. The molecule has 1 heterocycles. The molecule has 0 aliphatic carbocycles. The third-order valence-electron chi connectivity index (χ3n) is 3.57. The van der Waals surface area contributed by atoms with Crippen molar-refractivity contribution in [3.05, 3.63) is 77.6 Å². The van der Waals surface area contributed by atoms with Crippen molar-refractivity contribution >= 4 is 11.6 Å². The van der Waals surface area contributed by atoms with Crippen LogP contribution in [0.3, 0.4) is 0 Å². The number of anilines is 1. The van der Waals surface area contributed by atoms with E-state index in [1.54, 1.807) is 30.5 Å².